The van der Waals surface area contributed by atoms with Crippen molar-refractivity contribution in [3.8, 4) is 6.07 Å². The standard InChI is InChI=1S/C17H11ClN2OS/c18-15(11-6-2-1-3-7-11)16(21)12(10-19)17-20-13-8-4-5-9-14(13)22-17/h1-9,15,21H/t15-/m1/s1. The zero-order valence-corrected chi connectivity index (χ0v) is 13.0. The minimum Gasteiger partial charge on any atom is -0.509 e. The Morgan fingerprint density at radius 3 is 2.50 bits per heavy atom. The number of halogens is 1. The zero-order chi connectivity index (χ0) is 15.5. The molecule has 0 bridgehead atoms. The summed E-state index contributed by atoms with van der Waals surface area (Å²) in [6.07, 6.45) is 0. The molecule has 3 rings (SSSR count). The van der Waals surface area contributed by atoms with E-state index in [0.717, 1.165) is 15.8 Å². The van der Waals surface area contributed by atoms with E-state index in [1.165, 1.54) is 11.3 Å². The number of aliphatic hydroxyl groups is 1. The number of rotatable bonds is 3. The van der Waals surface area contributed by atoms with Gasteiger partial charge in [0.1, 0.15) is 27.8 Å². The molecule has 0 aliphatic heterocycles. The number of nitriles is 1. The monoisotopic (exact) mass is 326 g/mol. The van der Waals surface area contributed by atoms with Crippen LogP contribution in [-0.2, 0) is 0 Å². The van der Waals surface area contributed by atoms with Crippen molar-refractivity contribution in [3.63, 3.8) is 0 Å². The highest BCUT2D eigenvalue weighted by atomic mass is 35.5. The molecule has 5 heteroatoms. The molecule has 0 unspecified atom stereocenters. The van der Waals surface area contributed by atoms with Crippen molar-refractivity contribution < 1.29 is 5.11 Å². The highest BCUT2D eigenvalue weighted by molar-refractivity contribution is 7.19. The molecule has 1 N–H and O–H groups in total. The molecule has 0 amide bonds. The van der Waals surface area contributed by atoms with Gasteiger partial charge in [0, 0.05) is 0 Å². The van der Waals surface area contributed by atoms with Gasteiger partial charge in [0.05, 0.1) is 10.2 Å². The maximum absolute atomic E-state index is 10.4. The largest absolute Gasteiger partial charge is 0.509 e. The molecular formula is C17H11ClN2OS. The molecule has 22 heavy (non-hydrogen) atoms. The number of hydrogen-bond donors (Lipinski definition) is 1. The summed E-state index contributed by atoms with van der Waals surface area (Å²) in [4.78, 5) is 4.40. The molecule has 0 fully saturated rings. The maximum atomic E-state index is 10.4. The predicted octanol–water partition coefficient (Wildman–Crippen LogP) is 5.07. The van der Waals surface area contributed by atoms with Gasteiger partial charge in [-0.25, -0.2) is 4.98 Å². The van der Waals surface area contributed by atoms with Gasteiger partial charge in [-0.3, -0.25) is 0 Å². The number of allylic oxidation sites excluding steroid dienone is 2. The van der Waals surface area contributed by atoms with Crippen LogP contribution in [0, 0.1) is 11.3 Å². The van der Waals surface area contributed by atoms with Gasteiger partial charge in [-0.05, 0) is 17.7 Å². The van der Waals surface area contributed by atoms with Crippen LogP contribution in [0.15, 0.2) is 60.4 Å². The van der Waals surface area contributed by atoms with Crippen molar-refractivity contribution >= 4 is 38.7 Å². The number of aliphatic hydroxyl groups excluding tert-OH is 1. The molecule has 0 radical (unpaired) electrons. The predicted molar refractivity (Wildman–Crippen MR) is 89.8 cm³/mol. The van der Waals surface area contributed by atoms with Crippen LogP contribution in [0.2, 0.25) is 0 Å². The van der Waals surface area contributed by atoms with Gasteiger partial charge in [-0.15, -0.1) is 22.9 Å². The Bertz CT molecular complexity index is 847. The van der Waals surface area contributed by atoms with Crippen molar-refractivity contribution in [2.45, 2.75) is 5.38 Å². The van der Waals surface area contributed by atoms with Crippen molar-refractivity contribution in [2.24, 2.45) is 0 Å². The van der Waals surface area contributed by atoms with E-state index in [1.54, 1.807) is 12.1 Å². The van der Waals surface area contributed by atoms with Gasteiger partial charge in [0.15, 0.2) is 0 Å². The Kier molecular flexibility index (Phi) is 4.10. The first kappa shape index (κ1) is 14.6. The number of benzene rings is 2. The Hall–Kier alpha value is -2.35. The Morgan fingerprint density at radius 2 is 1.82 bits per heavy atom. The van der Waals surface area contributed by atoms with Gasteiger partial charge in [-0.1, -0.05) is 42.5 Å². The second-order valence-corrected chi connectivity index (χ2v) is 6.10. The third kappa shape index (κ3) is 2.69. The summed E-state index contributed by atoms with van der Waals surface area (Å²) < 4.78 is 0.962. The minimum atomic E-state index is -0.775. The van der Waals surface area contributed by atoms with E-state index in [1.807, 2.05) is 48.5 Å². The van der Waals surface area contributed by atoms with E-state index in [0.29, 0.717) is 5.01 Å². The number of thiazole rings is 1. The Labute approximate surface area is 136 Å². The van der Waals surface area contributed by atoms with Crippen molar-refractivity contribution in [1.29, 1.82) is 5.26 Å². The molecule has 1 aromatic heterocycles. The smallest absolute Gasteiger partial charge is 0.138 e. The first-order chi connectivity index (χ1) is 10.7. The summed E-state index contributed by atoms with van der Waals surface area (Å²) in [5.41, 5.74) is 1.65. The van der Waals surface area contributed by atoms with Gasteiger partial charge in [0.25, 0.3) is 0 Å². The van der Waals surface area contributed by atoms with Crippen LogP contribution >= 0.6 is 22.9 Å². The summed E-state index contributed by atoms with van der Waals surface area (Å²) in [5.74, 6) is -0.172. The Balaban J connectivity index is 2.07. The molecule has 3 aromatic rings. The van der Waals surface area contributed by atoms with Crippen molar-refractivity contribution in [2.75, 3.05) is 0 Å². The summed E-state index contributed by atoms with van der Waals surface area (Å²) in [6.45, 7) is 0. The molecule has 0 saturated heterocycles. The molecule has 2 aromatic carbocycles. The molecule has 0 aliphatic rings. The average Bonchev–Trinajstić information content (AvgIpc) is 2.99. The lowest BCUT2D eigenvalue weighted by molar-refractivity contribution is 0.397. The van der Waals surface area contributed by atoms with E-state index in [2.05, 4.69) is 4.98 Å². The second-order valence-electron chi connectivity index (χ2n) is 4.63. The van der Waals surface area contributed by atoms with Gasteiger partial charge in [-0.2, -0.15) is 5.26 Å². The first-order valence-corrected chi connectivity index (χ1v) is 7.84. The second kappa shape index (κ2) is 6.18. The molecule has 1 atom stereocenters. The number of alkyl halides is 1. The molecule has 3 nitrogen and oxygen atoms in total. The third-order valence-corrected chi connectivity index (χ3v) is 4.72. The normalized spacial score (nSPS) is 13.5. The van der Waals surface area contributed by atoms with Crippen molar-refractivity contribution in [1.82, 2.24) is 4.98 Å². The van der Waals surface area contributed by atoms with E-state index in [9.17, 15) is 10.4 Å². The van der Waals surface area contributed by atoms with Crippen LogP contribution in [0.3, 0.4) is 0 Å². The van der Waals surface area contributed by atoms with Crippen molar-refractivity contribution in [3.05, 3.63) is 70.9 Å². The minimum absolute atomic E-state index is 0.116. The van der Waals surface area contributed by atoms with E-state index in [-0.39, 0.29) is 11.3 Å². The topological polar surface area (TPSA) is 56.9 Å². The lowest BCUT2D eigenvalue weighted by Crippen LogP contribution is -1.98. The quantitative estimate of drug-likeness (QED) is 0.415. The lowest BCUT2D eigenvalue weighted by Gasteiger charge is -2.10. The van der Waals surface area contributed by atoms with Gasteiger partial charge < -0.3 is 5.11 Å². The summed E-state index contributed by atoms with van der Waals surface area (Å²) in [6, 6.07) is 18.8. The fourth-order valence-corrected chi connectivity index (χ4v) is 3.32. The number of fused-ring (bicyclic) bond motifs is 1. The third-order valence-electron chi connectivity index (χ3n) is 3.21. The highest BCUT2D eigenvalue weighted by Gasteiger charge is 2.21. The Morgan fingerprint density at radius 1 is 1.14 bits per heavy atom. The van der Waals surface area contributed by atoms with Gasteiger partial charge >= 0.3 is 0 Å². The maximum Gasteiger partial charge on any atom is 0.138 e. The number of hydrogen-bond acceptors (Lipinski definition) is 4. The van der Waals surface area contributed by atoms with Crippen LogP contribution in [0.25, 0.3) is 15.8 Å². The van der Waals surface area contributed by atoms with Crippen LogP contribution in [0.1, 0.15) is 15.9 Å². The number of para-hydroxylation sites is 1. The van der Waals surface area contributed by atoms with Crippen LogP contribution in [-0.4, -0.2) is 10.1 Å². The molecule has 0 saturated carbocycles. The molecular weight excluding hydrogens is 316 g/mol. The molecule has 0 spiro atoms. The summed E-state index contributed by atoms with van der Waals surface area (Å²) >= 11 is 7.66. The fraction of sp³-hybridized carbons (Fsp3) is 0.0588. The van der Waals surface area contributed by atoms with Crippen LogP contribution < -0.4 is 0 Å². The molecule has 1 heterocycles. The van der Waals surface area contributed by atoms with E-state index < -0.39 is 5.38 Å². The van der Waals surface area contributed by atoms with Gasteiger partial charge in [0.2, 0.25) is 0 Å². The fourth-order valence-electron chi connectivity index (χ4n) is 2.10. The molecule has 0 aliphatic carbocycles. The average molecular weight is 327 g/mol. The van der Waals surface area contributed by atoms with E-state index >= 15 is 0 Å². The SMILES string of the molecule is N#CC(=C(O)[C@H](Cl)c1ccccc1)c1nc2ccccc2s1. The van der Waals surface area contributed by atoms with Crippen LogP contribution in [0.5, 0.6) is 0 Å². The van der Waals surface area contributed by atoms with Crippen LogP contribution in [0.4, 0.5) is 0 Å². The number of aromatic nitrogens is 1. The first-order valence-electron chi connectivity index (χ1n) is 6.59. The zero-order valence-electron chi connectivity index (χ0n) is 11.4. The van der Waals surface area contributed by atoms with E-state index in [4.69, 9.17) is 11.6 Å². The summed E-state index contributed by atoms with van der Waals surface area (Å²) in [5, 5.41) is 19.5. The highest BCUT2D eigenvalue weighted by Crippen LogP contribution is 2.34. The molecule has 108 valence electrons. The summed E-state index contributed by atoms with van der Waals surface area (Å²) in [7, 11) is 0. The lowest BCUT2D eigenvalue weighted by atomic mass is 10.1. The number of nitrogens with zero attached hydrogens (tertiary/aromatic N) is 2.